The predicted molar refractivity (Wildman–Crippen MR) is 72.3 cm³/mol. The molecule has 1 aliphatic rings. The fourth-order valence-electron chi connectivity index (χ4n) is 1.86. The molecule has 1 aliphatic carbocycles. The highest BCUT2D eigenvalue weighted by Crippen LogP contribution is 2.27. The second-order valence-corrected chi connectivity index (χ2v) is 5.36. The summed E-state index contributed by atoms with van der Waals surface area (Å²) in [4.78, 5) is 22.3. The quantitative estimate of drug-likeness (QED) is 0.645. The van der Waals surface area contributed by atoms with E-state index in [4.69, 9.17) is 5.73 Å². The van der Waals surface area contributed by atoms with Crippen molar-refractivity contribution >= 4 is 23.5 Å². The minimum atomic E-state index is 0.161. The van der Waals surface area contributed by atoms with Gasteiger partial charge in [0.1, 0.15) is 5.82 Å². The molecular weight excluding hydrogens is 248 g/mol. The number of hydrogen-bond acceptors (Lipinski definition) is 5. The average Bonchev–Trinajstić information content (AvgIpc) is 3.10. The molecule has 0 atom stereocenters. The predicted octanol–water partition coefficient (Wildman–Crippen LogP) is 1.47. The van der Waals surface area contributed by atoms with Crippen molar-refractivity contribution in [1.82, 2.24) is 14.9 Å². The molecule has 0 spiro atoms. The van der Waals surface area contributed by atoms with Gasteiger partial charge in [-0.05, 0) is 26.7 Å². The molecule has 2 N–H and O–H groups in total. The number of amides is 1. The molecule has 0 aliphatic heterocycles. The van der Waals surface area contributed by atoms with Crippen molar-refractivity contribution in [3.8, 4) is 0 Å². The molecule has 2 rings (SSSR count). The van der Waals surface area contributed by atoms with E-state index in [2.05, 4.69) is 9.97 Å². The van der Waals surface area contributed by atoms with Crippen LogP contribution in [0.1, 0.15) is 25.5 Å². The van der Waals surface area contributed by atoms with Crippen molar-refractivity contribution < 1.29 is 4.79 Å². The Balaban J connectivity index is 1.92. The first kappa shape index (κ1) is 13.1. The first-order valence-corrected chi connectivity index (χ1v) is 7.12. The molecule has 1 fully saturated rings. The van der Waals surface area contributed by atoms with Crippen molar-refractivity contribution in [2.45, 2.75) is 37.9 Å². The maximum Gasteiger partial charge on any atom is 0.233 e. The highest BCUT2D eigenvalue weighted by Gasteiger charge is 2.31. The van der Waals surface area contributed by atoms with Gasteiger partial charge in [-0.15, -0.1) is 0 Å². The number of nitrogens with two attached hydrogens (primary N) is 1. The van der Waals surface area contributed by atoms with Gasteiger partial charge in [0, 0.05) is 24.3 Å². The number of aryl methyl sites for hydroxylation is 1. The minimum absolute atomic E-state index is 0.161. The SMILES string of the molecule is CCN(C(=O)CSc1nc(C)cc(N)n1)C1CC1. The number of carbonyl (C=O) groups excluding carboxylic acids is 1. The molecule has 1 aromatic heterocycles. The van der Waals surface area contributed by atoms with Crippen LogP contribution in [-0.2, 0) is 4.79 Å². The summed E-state index contributed by atoms with van der Waals surface area (Å²) in [5.41, 5.74) is 6.48. The van der Waals surface area contributed by atoms with Crippen LogP contribution < -0.4 is 5.73 Å². The summed E-state index contributed by atoms with van der Waals surface area (Å²) >= 11 is 1.35. The van der Waals surface area contributed by atoms with Crippen LogP contribution in [0, 0.1) is 6.92 Å². The van der Waals surface area contributed by atoms with Crippen LogP contribution in [0.15, 0.2) is 11.2 Å². The number of nitrogen functional groups attached to an aromatic ring is 1. The zero-order valence-corrected chi connectivity index (χ0v) is 11.5. The molecule has 0 aromatic carbocycles. The lowest BCUT2D eigenvalue weighted by Crippen LogP contribution is -2.34. The number of carbonyl (C=O) groups is 1. The standard InChI is InChI=1S/C12H18N4OS/c1-3-16(9-4-5-9)11(17)7-18-12-14-8(2)6-10(13)15-12/h6,9H,3-5,7H2,1-2H3,(H2,13,14,15). The molecular formula is C12H18N4OS. The molecule has 5 nitrogen and oxygen atoms in total. The Hall–Kier alpha value is -1.30. The summed E-state index contributed by atoms with van der Waals surface area (Å²) in [7, 11) is 0. The Bertz CT molecular complexity index is 427. The molecule has 0 unspecified atom stereocenters. The maximum absolute atomic E-state index is 12.0. The van der Waals surface area contributed by atoms with E-state index in [1.807, 2.05) is 18.7 Å². The van der Waals surface area contributed by atoms with E-state index in [9.17, 15) is 4.79 Å². The van der Waals surface area contributed by atoms with Gasteiger partial charge in [-0.1, -0.05) is 11.8 Å². The number of thioether (sulfide) groups is 1. The Morgan fingerprint density at radius 3 is 2.83 bits per heavy atom. The van der Waals surface area contributed by atoms with Gasteiger partial charge < -0.3 is 10.6 Å². The van der Waals surface area contributed by atoms with Crippen LogP contribution in [-0.4, -0.2) is 39.1 Å². The lowest BCUT2D eigenvalue weighted by atomic mass is 10.4. The molecule has 1 amide bonds. The molecule has 0 radical (unpaired) electrons. The molecule has 1 aromatic rings. The van der Waals surface area contributed by atoms with Crippen LogP contribution in [0.5, 0.6) is 0 Å². The summed E-state index contributed by atoms with van der Waals surface area (Å²) in [5, 5.41) is 0.577. The van der Waals surface area contributed by atoms with Crippen molar-refractivity contribution in [3.05, 3.63) is 11.8 Å². The summed E-state index contributed by atoms with van der Waals surface area (Å²) in [6, 6.07) is 2.18. The van der Waals surface area contributed by atoms with Gasteiger partial charge in [-0.25, -0.2) is 9.97 Å². The average molecular weight is 266 g/mol. The fourth-order valence-corrected chi connectivity index (χ4v) is 2.66. The van der Waals surface area contributed by atoms with Crippen LogP contribution in [0.4, 0.5) is 5.82 Å². The number of aromatic nitrogens is 2. The zero-order chi connectivity index (χ0) is 13.1. The zero-order valence-electron chi connectivity index (χ0n) is 10.7. The Labute approximate surface area is 111 Å². The number of anilines is 1. The van der Waals surface area contributed by atoms with Crippen molar-refractivity contribution in [3.63, 3.8) is 0 Å². The third-order valence-corrected chi connectivity index (χ3v) is 3.66. The first-order valence-electron chi connectivity index (χ1n) is 6.13. The van der Waals surface area contributed by atoms with E-state index in [-0.39, 0.29) is 5.91 Å². The van der Waals surface area contributed by atoms with Crippen molar-refractivity contribution in [1.29, 1.82) is 0 Å². The summed E-state index contributed by atoms with van der Waals surface area (Å²) in [5.74, 6) is 0.994. The van der Waals surface area contributed by atoms with Gasteiger partial charge >= 0.3 is 0 Å². The van der Waals surface area contributed by atoms with Crippen LogP contribution in [0.25, 0.3) is 0 Å². The van der Waals surface area contributed by atoms with Crippen molar-refractivity contribution in [2.24, 2.45) is 0 Å². The van der Waals surface area contributed by atoms with Crippen LogP contribution in [0.3, 0.4) is 0 Å². The molecule has 1 saturated carbocycles. The molecule has 0 saturated heterocycles. The third-order valence-electron chi connectivity index (χ3n) is 2.83. The normalized spacial score (nSPS) is 14.6. The smallest absolute Gasteiger partial charge is 0.233 e. The maximum atomic E-state index is 12.0. The van der Waals surface area contributed by atoms with E-state index in [1.54, 1.807) is 6.07 Å². The Kier molecular flexibility index (Phi) is 4.06. The van der Waals surface area contributed by atoms with Gasteiger partial charge in [-0.2, -0.15) is 0 Å². The van der Waals surface area contributed by atoms with Crippen LogP contribution in [0.2, 0.25) is 0 Å². The minimum Gasteiger partial charge on any atom is -0.384 e. The van der Waals surface area contributed by atoms with Gasteiger partial charge in [-0.3, -0.25) is 4.79 Å². The molecule has 1 heterocycles. The highest BCUT2D eigenvalue weighted by atomic mass is 32.2. The largest absolute Gasteiger partial charge is 0.384 e. The first-order chi connectivity index (χ1) is 8.60. The lowest BCUT2D eigenvalue weighted by Gasteiger charge is -2.19. The number of nitrogens with zero attached hydrogens (tertiary/aromatic N) is 3. The monoisotopic (exact) mass is 266 g/mol. The summed E-state index contributed by atoms with van der Waals surface area (Å²) < 4.78 is 0. The van der Waals surface area contributed by atoms with Gasteiger partial charge in [0.25, 0.3) is 0 Å². The number of rotatable bonds is 5. The molecule has 6 heteroatoms. The van der Waals surface area contributed by atoms with E-state index < -0.39 is 0 Å². The Morgan fingerprint density at radius 1 is 1.56 bits per heavy atom. The number of hydrogen-bond donors (Lipinski definition) is 1. The second-order valence-electron chi connectivity index (χ2n) is 4.42. The fraction of sp³-hybridized carbons (Fsp3) is 0.583. The molecule has 18 heavy (non-hydrogen) atoms. The summed E-state index contributed by atoms with van der Waals surface area (Å²) in [6.45, 7) is 4.66. The lowest BCUT2D eigenvalue weighted by molar-refractivity contribution is -0.128. The van der Waals surface area contributed by atoms with Gasteiger partial charge in [0.15, 0.2) is 5.16 Å². The van der Waals surface area contributed by atoms with E-state index >= 15 is 0 Å². The van der Waals surface area contributed by atoms with Gasteiger partial charge in [0.2, 0.25) is 5.91 Å². The molecule has 0 bridgehead atoms. The van der Waals surface area contributed by atoms with Crippen LogP contribution >= 0.6 is 11.8 Å². The highest BCUT2D eigenvalue weighted by molar-refractivity contribution is 7.99. The van der Waals surface area contributed by atoms with Gasteiger partial charge in [0.05, 0.1) is 5.75 Å². The topological polar surface area (TPSA) is 72.1 Å². The molecule has 98 valence electrons. The van der Waals surface area contributed by atoms with Crippen molar-refractivity contribution in [2.75, 3.05) is 18.0 Å². The third kappa shape index (κ3) is 3.35. The van der Waals surface area contributed by atoms with E-state index in [1.165, 1.54) is 11.8 Å². The van der Waals surface area contributed by atoms with E-state index in [0.29, 0.717) is 22.8 Å². The van der Waals surface area contributed by atoms with E-state index in [0.717, 1.165) is 25.1 Å². The Morgan fingerprint density at radius 2 is 2.28 bits per heavy atom. The summed E-state index contributed by atoms with van der Waals surface area (Å²) in [6.07, 6.45) is 2.27. The second kappa shape index (κ2) is 5.56.